The number of nitriles is 1. The van der Waals surface area contributed by atoms with Crippen LogP contribution in [-0.2, 0) is 11.4 Å². The zero-order valence-electron chi connectivity index (χ0n) is 20.4. The molecule has 190 valence electrons. The molecule has 5 rings (SSSR count). The van der Waals surface area contributed by atoms with Crippen LogP contribution >= 0.6 is 11.6 Å². The van der Waals surface area contributed by atoms with E-state index in [0.29, 0.717) is 11.3 Å². The van der Waals surface area contributed by atoms with Crippen LogP contribution in [0.4, 0.5) is 11.4 Å². The minimum absolute atomic E-state index is 0.0300. The van der Waals surface area contributed by atoms with E-state index in [1.165, 1.54) is 18.2 Å². The molecule has 0 aromatic heterocycles. The van der Waals surface area contributed by atoms with Crippen molar-refractivity contribution in [1.82, 2.24) is 0 Å². The van der Waals surface area contributed by atoms with Crippen molar-refractivity contribution in [2.75, 3.05) is 5.32 Å². The number of hydrogen-bond acceptors (Lipinski definition) is 5. The van der Waals surface area contributed by atoms with E-state index in [-0.39, 0.29) is 28.6 Å². The number of nitro groups is 1. The van der Waals surface area contributed by atoms with Crippen LogP contribution in [-0.4, -0.2) is 10.8 Å². The highest BCUT2D eigenvalue weighted by molar-refractivity contribution is 6.34. The molecule has 0 unspecified atom stereocenters. The predicted octanol–water partition coefficient (Wildman–Crippen LogP) is 7.68. The molecule has 0 aliphatic rings. The number of halogens is 1. The first-order valence-corrected chi connectivity index (χ1v) is 12.3. The summed E-state index contributed by atoms with van der Waals surface area (Å²) >= 11 is 6.14. The van der Waals surface area contributed by atoms with Crippen molar-refractivity contribution in [2.45, 2.75) is 6.61 Å². The fourth-order valence-corrected chi connectivity index (χ4v) is 4.49. The van der Waals surface area contributed by atoms with Gasteiger partial charge in [0, 0.05) is 17.7 Å². The Bertz CT molecular complexity index is 1820. The predicted molar refractivity (Wildman–Crippen MR) is 153 cm³/mol. The van der Waals surface area contributed by atoms with Crippen molar-refractivity contribution in [2.24, 2.45) is 0 Å². The number of non-ortho nitro benzene ring substituents is 1. The highest BCUT2D eigenvalue weighted by Crippen LogP contribution is 2.32. The smallest absolute Gasteiger partial charge is 0.271 e. The third-order valence-electron chi connectivity index (χ3n) is 6.26. The lowest BCUT2D eigenvalue weighted by molar-refractivity contribution is -0.384. The molecule has 39 heavy (non-hydrogen) atoms. The third kappa shape index (κ3) is 5.42. The van der Waals surface area contributed by atoms with Crippen molar-refractivity contribution in [3.05, 3.63) is 129 Å². The lowest BCUT2D eigenvalue weighted by Gasteiger charge is -2.14. The molecule has 1 amide bonds. The van der Waals surface area contributed by atoms with Gasteiger partial charge in [-0.1, -0.05) is 84.4 Å². The van der Waals surface area contributed by atoms with Crippen LogP contribution in [0, 0.1) is 21.4 Å². The van der Waals surface area contributed by atoms with Crippen LogP contribution < -0.4 is 10.1 Å². The maximum atomic E-state index is 13.1. The van der Waals surface area contributed by atoms with Crippen molar-refractivity contribution in [3.8, 4) is 11.8 Å². The minimum Gasteiger partial charge on any atom is -0.488 e. The SMILES string of the molecule is N#C/C(=C\c1c(OCc2cccc3ccccc23)ccc2ccccc12)C(=O)Nc1cc([N+](=O)[O-])ccc1Cl. The zero-order valence-corrected chi connectivity index (χ0v) is 21.2. The molecule has 0 fully saturated rings. The highest BCUT2D eigenvalue weighted by Gasteiger charge is 2.17. The molecular formula is C31H20ClN3O4. The molecule has 0 saturated carbocycles. The Balaban J connectivity index is 1.51. The van der Waals surface area contributed by atoms with Gasteiger partial charge in [0.05, 0.1) is 15.6 Å². The van der Waals surface area contributed by atoms with E-state index in [0.717, 1.165) is 33.2 Å². The largest absolute Gasteiger partial charge is 0.488 e. The minimum atomic E-state index is -0.757. The Hall–Kier alpha value is -5.19. The number of anilines is 1. The van der Waals surface area contributed by atoms with Crippen molar-refractivity contribution >= 4 is 56.5 Å². The first kappa shape index (κ1) is 25.5. The van der Waals surface area contributed by atoms with Crippen molar-refractivity contribution in [3.63, 3.8) is 0 Å². The molecule has 0 radical (unpaired) electrons. The van der Waals surface area contributed by atoms with Crippen molar-refractivity contribution < 1.29 is 14.5 Å². The summed E-state index contributed by atoms with van der Waals surface area (Å²) in [4.78, 5) is 23.6. The number of nitro benzene ring substituents is 1. The number of carbonyl (C=O) groups is 1. The van der Waals surface area contributed by atoms with Gasteiger partial charge in [-0.05, 0) is 45.3 Å². The Morgan fingerprint density at radius 1 is 0.949 bits per heavy atom. The van der Waals surface area contributed by atoms with E-state index in [1.807, 2.05) is 84.9 Å². The van der Waals surface area contributed by atoms with E-state index in [1.54, 1.807) is 0 Å². The van der Waals surface area contributed by atoms with Gasteiger partial charge in [-0.15, -0.1) is 0 Å². The van der Waals surface area contributed by atoms with Gasteiger partial charge < -0.3 is 10.1 Å². The van der Waals surface area contributed by atoms with Gasteiger partial charge >= 0.3 is 0 Å². The van der Waals surface area contributed by atoms with E-state index < -0.39 is 10.8 Å². The summed E-state index contributed by atoms with van der Waals surface area (Å²) < 4.78 is 6.26. The number of carbonyl (C=O) groups excluding carboxylic acids is 1. The third-order valence-corrected chi connectivity index (χ3v) is 6.59. The molecular weight excluding hydrogens is 514 g/mol. The number of rotatable bonds is 7. The molecule has 0 bridgehead atoms. The normalized spacial score (nSPS) is 11.2. The van der Waals surface area contributed by atoms with Gasteiger partial charge in [0.25, 0.3) is 11.6 Å². The molecule has 0 saturated heterocycles. The second kappa shape index (κ2) is 11.1. The molecule has 0 aliphatic carbocycles. The summed E-state index contributed by atoms with van der Waals surface area (Å²) in [7, 11) is 0. The average Bonchev–Trinajstić information content (AvgIpc) is 2.96. The maximum absolute atomic E-state index is 13.1. The number of ether oxygens (including phenoxy) is 1. The second-order valence-corrected chi connectivity index (χ2v) is 9.08. The molecule has 0 heterocycles. The van der Waals surface area contributed by atoms with Gasteiger partial charge in [0.15, 0.2) is 0 Å². The topological polar surface area (TPSA) is 105 Å². The number of amides is 1. The fourth-order valence-electron chi connectivity index (χ4n) is 4.33. The van der Waals surface area contributed by atoms with Crippen LogP contribution in [0.3, 0.4) is 0 Å². The Morgan fingerprint density at radius 3 is 2.38 bits per heavy atom. The number of benzene rings is 5. The molecule has 8 heteroatoms. The summed E-state index contributed by atoms with van der Waals surface area (Å²) in [6, 6.07) is 31.0. The zero-order chi connectivity index (χ0) is 27.4. The number of hydrogen-bond donors (Lipinski definition) is 1. The summed E-state index contributed by atoms with van der Waals surface area (Å²) in [5.74, 6) is -0.261. The average molecular weight is 534 g/mol. The van der Waals surface area contributed by atoms with Crippen LogP contribution in [0.5, 0.6) is 5.75 Å². The standard InChI is InChI=1S/C31H20ClN3O4/c32-28-14-13-24(35(37)38)17-29(28)34-31(36)23(18-33)16-27-26-11-4-2-7-21(26)12-15-30(27)39-19-22-9-5-8-20-6-1-3-10-25(20)22/h1-17H,19H2,(H,34,36)/b23-16+. The van der Waals surface area contributed by atoms with Crippen LogP contribution in [0.25, 0.3) is 27.6 Å². The van der Waals surface area contributed by atoms with Crippen LogP contribution in [0.15, 0.2) is 103 Å². The summed E-state index contributed by atoms with van der Waals surface area (Å²) in [5, 5.41) is 27.5. The number of nitrogens with one attached hydrogen (secondary N) is 1. The first-order valence-electron chi connectivity index (χ1n) is 11.9. The van der Waals surface area contributed by atoms with Crippen molar-refractivity contribution in [1.29, 1.82) is 5.26 Å². The maximum Gasteiger partial charge on any atom is 0.271 e. The lowest BCUT2D eigenvalue weighted by atomic mass is 10.0. The van der Waals surface area contributed by atoms with Crippen LogP contribution in [0.2, 0.25) is 5.02 Å². The van der Waals surface area contributed by atoms with Gasteiger partial charge in [0.1, 0.15) is 24.0 Å². The first-order chi connectivity index (χ1) is 18.9. The van der Waals surface area contributed by atoms with Gasteiger partial charge in [-0.2, -0.15) is 5.26 Å². The second-order valence-electron chi connectivity index (χ2n) is 8.67. The molecule has 5 aromatic rings. The van der Waals surface area contributed by atoms with E-state index in [4.69, 9.17) is 16.3 Å². The summed E-state index contributed by atoms with van der Waals surface area (Å²) in [6.45, 7) is 0.276. The molecule has 7 nitrogen and oxygen atoms in total. The Kier molecular flexibility index (Phi) is 7.21. The number of fused-ring (bicyclic) bond motifs is 2. The van der Waals surface area contributed by atoms with E-state index >= 15 is 0 Å². The summed E-state index contributed by atoms with van der Waals surface area (Å²) in [5.41, 5.74) is 1.13. The van der Waals surface area contributed by atoms with E-state index in [2.05, 4.69) is 5.32 Å². The molecule has 5 aromatic carbocycles. The fraction of sp³-hybridized carbons (Fsp3) is 0.0323. The van der Waals surface area contributed by atoms with Gasteiger partial charge in [-0.3, -0.25) is 14.9 Å². The van der Waals surface area contributed by atoms with Gasteiger partial charge in [-0.25, -0.2) is 0 Å². The Labute approximate surface area is 228 Å². The van der Waals surface area contributed by atoms with Crippen LogP contribution in [0.1, 0.15) is 11.1 Å². The quantitative estimate of drug-likeness (QED) is 0.0999. The highest BCUT2D eigenvalue weighted by atomic mass is 35.5. The van der Waals surface area contributed by atoms with E-state index in [9.17, 15) is 20.2 Å². The molecule has 0 aliphatic heterocycles. The Morgan fingerprint density at radius 2 is 1.64 bits per heavy atom. The molecule has 0 spiro atoms. The van der Waals surface area contributed by atoms with Gasteiger partial charge in [0.2, 0.25) is 0 Å². The summed E-state index contributed by atoms with van der Waals surface area (Å²) in [6.07, 6.45) is 1.46. The molecule has 1 N–H and O–H groups in total. The lowest BCUT2D eigenvalue weighted by Crippen LogP contribution is -2.14. The molecule has 0 atom stereocenters. The number of nitrogens with zero attached hydrogens (tertiary/aromatic N) is 2. The monoisotopic (exact) mass is 533 g/mol.